The Morgan fingerprint density at radius 3 is 2.65 bits per heavy atom. The molecule has 2 rings (SSSR count). The van der Waals surface area contributed by atoms with Gasteiger partial charge in [0.15, 0.2) is 17.5 Å². The third-order valence-corrected chi connectivity index (χ3v) is 2.47. The molecule has 0 aromatic carbocycles. The largest absolute Gasteiger partial charge is 0.296 e. The molecule has 0 saturated heterocycles. The molecule has 0 aliphatic carbocycles. The number of rotatable bonds is 2. The Morgan fingerprint density at radius 2 is 2.05 bits per heavy atom. The first-order valence-corrected chi connectivity index (χ1v) is 5.85. The van der Waals surface area contributed by atoms with Gasteiger partial charge in [-0.15, -0.1) is 0 Å². The van der Waals surface area contributed by atoms with Crippen molar-refractivity contribution < 1.29 is 9.59 Å². The number of aromatic nitrogens is 4. The van der Waals surface area contributed by atoms with Crippen LogP contribution in [0.15, 0.2) is 11.0 Å². The van der Waals surface area contributed by atoms with Gasteiger partial charge in [-0.05, 0) is 0 Å². The van der Waals surface area contributed by atoms with Crippen molar-refractivity contribution in [3.05, 3.63) is 22.2 Å². The van der Waals surface area contributed by atoms with E-state index in [2.05, 4.69) is 25.3 Å². The second-order valence-corrected chi connectivity index (χ2v) is 5.20. The number of anilines is 1. The quantitative estimate of drug-likeness (QED) is 0.771. The molecule has 0 bridgehead atoms. The second-order valence-electron chi connectivity index (χ2n) is 5.20. The zero-order chi connectivity index (χ0) is 14.9. The summed E-state index contributed by atoms with van der Waals surface area (Å²) in [5.74, 6) is -0.298. The van der Waals surface area contributed by atoms with E-state index in [4.69, 9.17) is 0 Å². The smallest absolute Gasteiger partial charge is 0.280 e. The highest BCUT2D eigenvalue weighted by Gasteiger charge is 2.22. The first kappa shape index (κ1) is 13.8. The summed E-state index contributed by atoms with van der Waals surface area (Å²) in [7, 11) is 0. The molecule has 1 amide bonds. The van der Waals surface area contributed by atoms with E-state index in [0.717, 1.165) is 0 Å². The van der Waals surface area contributed by atoms with Crippen LogP contribution in [0.1, 0.15) is 31.3 Å². The Kier molecular flexibility index (Phi) is 3.31. The second kappa shape index (κ2) is 4.80. The molecule has 0 saturated carbocycles. The van der Waals surface area contributed by atoms with Gasteiger partial charge in [0.05, 0.1) is 6.20 Å². The lowest BCUT2D eigenvalue weighted by atomic mass is 9.96. The van der Waals surface area contributed by atoms with Crippen molar-refractivity contribution in [2.75, 3.05) is 5.32 Å². The van der Waals surface area contributed by atoms with E-state index in [1.807, 2.05) is 0 Å². The van der Waals surface area contributed by atoms with E-state index in [0.29, 0.717) is 6.29 Å². The van der Waals surface area contributed by atoms with Gasteiger partial charge in [0.2, 0.25) is 11.9 Å². The van der Waals surface area contributed by atoms with Crippen LogP contribution < -0.4 is 10.9 Å². The number of hydrogen-bond donors (Lipinski definition) is 2. The summed E-state index contributed by atoms with van der Waals surface area (Å²) in [5, 5.41) is 2.50. The number of aldehydes is 1. The number of hydrogen-bond acceptors (Lipinski definition) is 6. The maximum Gasteiger partial charge on any atom is 0.280 e. The standard InChI is InChI=1S/C12H13N5O3/c1-12(2,3)10(20)17-11-15-8-7(9(19)16-11)14-6(5-18)4-13-8/h4-5H,1-3H3,(H2,13,15,16,17,19,20). The van der Waals surface area contributed by atoms with Crippen LogP contribution in [-0.4, -0.2) is 32.1 Å². The highest BCUT2D eigenvalue weighted by molar-refractivity contribution is 5.93. The molecule has 8 nitrogen and oxygen atoms in total. The Balaban J connectivity index is 2.46. The molecule has 8 heteroatoms. The fourth-order valence-corrected chi connectivity index (χ4v) is 1.34. The van der Waals surface area contributed by atoms with Crippen LogP contribution in [0.5, 0.6) is 0 Å². The van der Waals surface area contributed by atoms with Crippen molar-refractivity contribution in [2.45, 2.75) is 20.8 Å². The number of carbonyl (C=O) groups excluding carboxylic acids is 2. The maximum absolute atomic E-state index is 11.8. The van der Waals surface area contributed by atoms with E-state index < -0.39 is 11.0 Å². The SMILES string of the molecule is CC(C)(C)C(=O)Nc1nc2ncc(C=O)nc2c(=O)[nH]1. The van der Waals surface area contributed by atoms with Gasteiger partial charge >= 0.3 is 0 Å². The monoisotopic (exact) mass is 275 g/mol. The molecule has 20 heavy (non-hydrogen) atoms. The van der Waals surface area contributed by atoms with Gasteiger partial charge in [-0.3, -0.25) is 24.7 Å². The van der Waals surface area contributed by atoms with Gasteiger partial charge < -0.3 is 0 Å². The molecule has 0 aliphatic rings. The Morgan fingerprint density at radius 1 is 1.35 bits per heavy atom. The van der Waals surface area contributed by atoms with Crippen LogP contribution in [0.3, 0.4) is 0 Å². The predicted molar refractivity (Wildman–Crippen MR) is 71.4 cm³/mol. The normalized spacial score (nSPS) is 11.3. The van der Waals surface area contributed by atoms with Gasteiger partial charge in [-0.1, -0.05) is 20.8 Å². The topological polar surface area (TPSA) is 118 Å². The number of nitrogens with one attached hydrogen (secondary N) is 2. The summed E-state index contributed by atoms with van der Waals surface area (Å²) >= 11 is 0. The number of H-pyrrole nitrogens is 1. The summed E-state index contributed by atoms with van der Waals surface area (Å²) in [4.78, 5) is 48.3. The average molecular weight is 275 g/mol. The van der Waals surface area contributed by atoms with Crippen molar-refractivity contribution in [3.63, 3.8) is 0 Å². The molecule has 2 aromatic rings. The third-order valence-electron chi connectivity index (χ3n) is 2.47. The lowest BCUT2D eigenvalue weighted by molar-refractivity contribution is -0.123. The van der Waals surface area contributed by atoms with Crippen LogP contribution in [0, 0.1) is 5.41 Å². The highest BCUT2D eigenvalue weighted by atomic mass is 16.2. The average Bonchev–Trinajstić information content (AvgIpc) is 2.37. The molecule has 0 aliphatic heterocycles. The first-order chi connectivity index (χ1) is 9.31. The van der Waals surface area contributed by atoms with E-state index in [1.54, 1.807) is 20.8 Å². The van der Waals surface area contributed by atoms with Crippen LogP contribution >= 0.6 is 0 Å². The van der Waals surface area contributed by atoms with Crippen molar-refractivity contribution in [3.8, 4) is 0 Å². The Bertz CT molecular complexity index is 745. The van der Waals surface area contributed by atoms with Gasteiger partial charge in [0.1, 0.15) is 5.69 Å². The zero-order valence-electron chi connectivity index (χ0n) is 11.2. The molecule has 0 atom stereocenters. The lowest BCUT2D eigenvalue weighted by Gasteiger charge is -2.16. The van der Waals surface area contributed by atoms with Gasteiger partial charge in [-0.2, -0.15) is 4.98 Å². The third kappa shape index (κ3) is 2.68. The molecule has 2 N–H and O–H groups in total. The molecule has 0 radical (unpaired) electrons. The van der Waals surface area contributed by atoms with Gasteiger partial charge in [-0.25, -0.2) is 9.97 Å². The molecular weight excluding hydrogens is 262 g/mol. The number of nitrogens with zero attached hydrogens (tertiary/aromatic N) is 3. The van der Waals surface area contributed by atoms with Crippen LogP contribution in [0.2, 0.25) is 0 Å². The van der Waals surface area contributed by atoms with E-state index >= 15 is 0 Å². The summed E-state index contributed by atoms with van der Waals surface area (Å²) in [6.45, 7) is 5.20. The van der Waals surface area contributed by atoms with Crippen LogP contribution in [-0.2, 0) is 4.79 Å². The minimum Gasteiger partial charge on any atom is -0.296 e. The molecule has 104 valence electrons. The molecular formula is C12H13N5O3. The fraction of sp³-hybridized carbons (Fsp3) is 0.333. The highest BCUT2D eigenvalue weighted by Crippen LogP contribution is 2.15. The molecule has 2 aromatic heterocycles. The van der Waals surface area contributed by atoms with Crippen molar-refractivity contribution >= 4 is 29.3 Å². The maximum atomic E-state index is 11.8. The molecule has 0 spiro atoms. The summed E-state index contributed by atoms with van der Waals surface area (Å²) in [6.07, 6.45) is 1.69. The minimum absolute atomic E-state index is 0.00409. The molecule has 0 fully saturated rings. The number of aromatic amines is 1. The van der Waals surface area contributed by atoms with E-state index in [-0.39, 0.29) is 28.7 Å². The van der Waals surface area contributed by atoms with E-state index in [1.165, 1.54) is 6.20 Å². The van der Waals surface area contributed by atoms with Crippen molar-refractivity contribution in [2.24, 2.45) is 5.41 Å². The van der Waals surface area contributed by atoms with Crippen molar-refractivity contribution in [1.82, 2.24) is 19.9 Å². The van der Waals surface area contributed by atoms with Crippen LogP contribution in [0.25, 0.3) is 11.2 Å². The number of fused-ring (bicyclic) bond motifs is 1. The first-order valence-electron chi connectivity index (χ1n) is 5.85. The minimum atomic E-state index is -0.624. The van der Waals surface area contributed by atoms with Gasteiger partial charge in [0, 0.05) is 5.41 Å². The zero-order valence-corrected chi connectivity index (χ0v) is 11.2. The lowest BCUT2D eigenvalue weighted by Crippen LogP contribution is -2.29. The van der Waals surface area contributed by atoms with Gasteiger partial charge in [0.25, 0.3) is 5.56 Å². The Hall–Kier alpha value is -2.64. The van der Waals surface area contributed by atoms with Crippen molar-refractivity contribution in [1.29, 1.82) is 0 Å². The summed E-state index contributed by atoms with van der Waals surface area (Å²) in [6, 6.07) is 0. The Labute approximate surface area is 113 Å². The molecule has 0 unspecified atom stereocenters. The summed E-state index contributed by atoms with van der Waals surface area (Å²) in [5.41, 5.74) is -1.15. The van der Waals surface area contributed by atoms with Crippen LogP contribution in [0.4, 0.5) is 5.95 Å². The number of amides is 1. The molecule has 2 heterocycles. The van der Waals surface area contributed by atoms with E-state index in [9.17, 15) is 14.4 Å². The number of carbonyl (C=O) groups is 2. The predicted octanol–water partition coefficient (Wildman–Crippen LogP) is 0.510. The summed E-state index contributed by atoms with van der Waals surface area (Å²) < 4.78 is 0. The fourth-order valence-electron chi connectivity index (χ4n) is 1.34.